The maximum Gasteiger partial charge on any atom is 0.169 e. The molecule has 0 N–H and O–H groups in total. The number of hydrogen-bond donors (Lipinski definition) is 1. The minimum Gasteiger partial charge on any atom is -0.371 e. The molecule has 0 aliphatic carbocycles. The highest BCUT2D eigenvalue weighted by Crippen LogP contribution is 2.20. The average Bonchev–Trinajstić information content (AvgIpc) is 2.57. The zero-order valence-electron chi connectivity index (χ0n) is 14.1. The van der Waals surface area contributed by atoms with Crippen LogP contribution in [-0.4, -0.2) is 18.8 Å². The Hall–Kier alpha value is -1.39. The van der Waals surface area contributed by atoms with Gasteiger partial charge in [0, 0.05) is 36.7 Å². The van der Waals surface area contributed by atoms with Gasteiger partial charge in [0.05, 0.1) is 0 Å². The zero-order valence-corrected chi connectivity index (χ0v) is 15.8. The van der Waals surface area contributed by atoms with Crippen molar-refractivity contribution in [3.63, 3.8) is 0 Å². The van der Waals surface area contributed by atoms with E-state index in [0.717, 1.165) is 18.8 Å². The molecule has 2 aromatic rings. The maximum absolute atomic E-state index is 4.22. The highest BCUT2D eigenvalue weighted by atomic mass is 33.1. The van der Waals surface area contributed by atoms with Crippen LogP contribution in [0.4, 0.5) is 5.69 Å². The summed E-state index contributed by atoms with van der Waals surface area (Å²) in [6.45, 7) is 6.39. The molecule has 2 nitrogen and oxygen atoms in total. The van der Waals surface area contributed by atoms with E-state index < -0.39 is 0 Å². The van der Waals surface area contributed by atoms with Gasteiger partial charge in [0.25, 0.3) is 0 Å². The summed E-state index contributed by atoms with van der Waals surface area (Å²) >= 11 is 4.22. The lowest BCUT2D eigenvalue weighted by Crippen LogP contribution is -2.25. The summed E-state index contributed by atoms with van der Waals surface area (Å²) in [6.07, 6.45) is 6.39. The van der Waals surface area contributed by atoms with Crippen LogP contribution in [-0.2, 0) is 7.05 Å². The number of anilines is 1. The second kappa shape index (κ2) is 9.04. The first-order valence-electron chi connectivity index (χ1n) is 7.89. The Morgan fingerprint density at radius 1 is 1.17 bits per heavy atom. The van der Waals surface area contributed by atoms with Crippen LogP contribution in [0.15, 0.2) is 48.8 Å². The van der Waals surface area contributed by atoms with Gasteiger partial charge in [-0.1, -0.05) is 29.0 Å². The summed E-state index contributed by atoms with van der Waals surface area (Å²) < 4.78 is 2.05. The van der Waals surface area contributed by atoms with Gasteiger partial charge in [0.15, 0.2) is 12.4 Å². The molecule has 2 rings (SSSR count). The molecule has 0 radical (unpaired) electrons. The van der Waals surface area contributed by atoms with E-state index in [-0.39, 0.29) is 0 Å². The number of hydrogen-bond acceptors (Lipinski definition) is 3. The SMILES string of the molecule is CCN(CCSS)c1ccc(/C=C(\C)c2cc[n+](C)cc2)cc1. The van der Waals surface area contributed by atoms with Gasteiger partial charge < -0.3 is 4.90 Å². The van der Waals surface area contributed by atoms with Crippen LogP contribution in [0, 0.1) is 0 Å². The Kier molecular flexibility index (Phi) is 7.06. The zero-order chi connectivity index (χ0) is 16.7. The number of rotatable bonds is 7. The third-order valence-corrected chi connectivity index (χ3v) is 4.82. The van der Waals surface area contributed by atoms with Crippen LogP contribution < -0.4 is 9.47 Å². The van der Waals surface area contributed by atoms with E-state index in [2.05, 4.69) is 85.3 Å². The number of thiol groups is 1. The molecule has 0 bridgehead atoms. The van der Waals surface area contributed by atoms with E-state index in [0.29, 0.717) is 0 Å². The normalized spacial score (nSPS) is 11.6. The van der Waals surface area contributed by atoms with Crippen LogP contribution in [0.5, 0.6) is 0 Å². The van der Waals surface area contributed by atoms with Crippen LogP contribution in [0.3, 0.4) is 0 Å². The molecule has 0 aliphatic heterocycles. The molecule has 0 atom stereocenters. The standard InChI is InChI=1S/C19H24N2S2/c1-4-21(13-14-23-22)19-7-5-17(6-8-19)15-16(2)18-9-11-20(3)12-10-18/h5-12,15H,4,13-14H2,1-3H3/p+1. The Bertz CT molecular complexity index is 633. The highest BCUT2D eigenvalue weighted by Gasteiger charge is 2.04. The van der Waals surface area contributed by atoms with E-state index in [1.54, 1.807) is 10.8 Å². The number of nitrogens with zero attached hydrogens (tertiary/aromatic N) is 2. The minimum absolute atomic E-state index is 1.02. The molecule has 0 unspecified atom stereocenters. The fraction of sp³-hybridized carbons (Fsp3) is 0.316. The van der Waals surface area contributed by atoms with Crippen molar-refractivity contribution in [1.82, 2.24) is 0 Å². The maximum atomic E-state index is 4.22. The first kappa shape index (κ1) is 18.0. The summed E-state index contributed by atoms with van der Waals surface area (Å²) in [5.41, 5.74) is 5.04. The van der Waals surface area contributed by atoms with Gasteiger partial charge in [-0.15, -0.1) is 11.7 Å². The number of aromatic nitrogens is 1. The van der Waals surface area contributed by atoms with E-state index in [9.17, 15) is 0 Å². The van der Waals surface area contributed by atoms with Crippen LogP contribution >= 0.6 is 22.5 Å². The topological polar surface area (TPSA) is 7.12 Å². The molecule has 0 saturated carbocycles. The summed E-state index contributed by atoms with van der Waals surface area (Å²) in [5, 5.41) is 0. The third kappa shape index (κ3) is 5.33. The lowest BCUT2D eigenvalue weighted by molar-refractivity contribution is -0.671. The molecule has 0 fully saturated rings. The average molecular weight is 346 g/mol. The van der Waals surface area contributed by atoms with Crippen molar-refractivity contribution in [3.8, 4) is 0 Å². The second-order valence-electron chi connectivity index (χ2n) is 5.58. The molecule has 0 spiro atoms. The van der Waals surface area contributed by atoms with Gasteiger partial charge in [0.1, 0.15) is 7.05 Å². The third-order valence-electron chi connectivity index (χ3n) is 3.91. The Morgan fingerprint density at radius 3 is 2.39 bits per heavy atom. The highest BCUT2D eigenvalue weighted by molar-refractivity contribution is 8.68. The molecular weight excluding hydrogens is 320 g/mol. The molecule has 23 heavy (non-hydrogen) atoms. The van der Waals surface area contributed by atoms with Crippen LogP contribution in [0.1, 0.15) is 25.0 Å². The van der Waals surface area contributed by atoms with Crippen molar-refractivity contribution in [3.05, 3.63) is 59.9 Å². The van der Waals surface area contributed by atoms with Crippen molar-refractivity contribution in [2.45, 2.75) is 13.8 Å². The van der Waals surface area contributed by atoms with Gasteiger partial charge >= 0.3 is 0 Å². The molecule has 1 aromatic carbocycles. The lowest BCUT2D eigenvalue weighted by Gasteiger charge is -2.22. The predicted molar refractivity (Wildman–Crippen MR) is 107 cm³/mol. The summed E-state index contributed by atoms with van der Waals surface area (Å²) in [7, 11) is 3.63. The Balaban J connectivity index is 2.12. The monoisotopic (exact) mass is 345 g/mol. The predicted octanol–water partition coefficient (Wildman–Crippen LogP) is 4.48. The van der Waals surface area contributed by atoms with E-state index in [1.165, 1.54) is 22.4 Å². The first-order valence-corrected chi connectivity index (χ1v) is 9.93. The van der Waals surface area contributed by atoms with Crippen LogP contribution in [0.2, 0.25) is 0 Å². The number of allylic oxidation sites excluding steroid dienone is 1. The second-order valence-corrected chi connectivity index (χ2v) is 7.03. The van der Waals surface area contributed by atoms with E-state index in [1.807, 2.05) is 11.6 Å². The fourth-order valence-corrected chi connectivity index (χ4v) is 3.05. The van der Waals surface area contributed by atoms with E-state index in [4.69, 9.17) is 0 Å². The number of pyridine rings is 1. The smallest absolute Gasteiger partial charge is 0.169 e. The van der Waals surface area contributed by atoms with Gasteiger partial charge in [-0.25, -0.2) is 4.57 Å². The minimum atomic E-state index is 1.02. The quantitative estimate of drug-likeness (QED) is 0.449. The molecule has 4 heteroatoms. The first-order chi connectivity index (χ1) is 11.1. The summed E-state index contributed by atoms with van der Waals surface area (Å²) in [4.78, 5) is 2.38. The van der Waals surface area contributed by atoms with Crippen molar-refractivity contribution in [1.29, 1.82) is 0 Å². The van der Waals surface area contributed by atoms with Crippen molar-refractivity contribution < 1.29 is 4.57 Å². The molecular formula is C19H25N2S2+. The molecule has 122 valence electrons. The molecule has 0 amide bonds. The van der Waals surface area contributed by atoms with E-state index >= 15 is 0 Å². The van der Waals surface area contributed by atoms with Crippen molar-refractivity contribution in [2.75, 3.05) is 23.7 Å². The van der Waals surface area contributed by atoms with Gasteiger partial charge in [-0.2, -0.15) is 0 Å². The molecule has 0 aliphatic rings. The van der Waals surface area contributed by atoms with Gasteiger partial charge in [-0.3, -0.25) is 0 Å². The van der Waals surface area contributed by atoms with Gasteiger partial charge in [-0.05, 0) is 42.7 Å². The fourth-order valence-electron chi connectivity index (χ4n) is 2.50. The lowest BCUT2D eigenvalue weighted by atomic mass is 10.1. The summed E-state index contributed by atoms with van der Waals surface area (Å²) in [5.74, 6) is 1.03. The van der Waals surface area contributed by atoms with Crippen LogP contribution in [0.25, 0.3) is 11.6 Å². The number of aryl methyl sites for hydroxylation is 1. The summed E-state index contributed by atoms with van der Waals surface area (Å²) in [6, 6.07) is 13.1. The van der Waals surface area contributed by atoms with Gasteiger partial charge in [0.2, 0.25) is 0 Å². The molecule has 1 heterocycles. The molecule has 0 saturated heterocycles. The number of benzene rings is 1. The van der Waals surface area contributed by atoms with Crippen molar-refractivity contribution >= 4 is 39.8 Å². The van der Waals surface area contributed by atoms with Crippen molar-refractivity contribution in [2.24, 2.45) is 7.05 Å². The largest absolute Gasteiger partial charge is 0.371 e. The Labute approximate surface area is 149 Å². The Morgan fingerprint density at radius 2 is 1.83 bits per heavy atom. The molecule has 1 aromatic heterocycles.